The normalized spacial score (nSPS) is 12.9. The first-order valence-corrected chi connectivity index (χ1v) is 5.25. The Bertz CT molecular complexity index is 195. The Kier molecular flexibility index (Phi) is 6.17. The molecule has 0 spiro atoms. The Balaban J connectivity index is 3.91. The van der Waals surface area contributed by atoms with Crippen LogP contribution >= 0.6 is 0 Å². The second-order valence-electron chi connectivity index (χ2n) is 3.87. The minimum atomic E-state index is -0.886. The van der Waals surface area contributed by atoms with E-state index in [0.717, 1.165) is 12.8 Å². The lowest BCUT2D eigenvalue weighted by Gasteiger charge is -2.11. The van der Waals surface area contributed by atoms with E-state index in [1.165, 1.54) is 0 Å². The van der Waals surface area contributed by atoms with Gasteiger partial charge in [-0.3, -0.25) is 9.59 Å². The lowest BCUT2D eigenvalue weighted by atomic mass is 9.93. The molecule has 0 heterocycles. The number of carboxylic acids is 1. The zero-order valence-electron chi connectivity index (χ0n) is 9.25. The number of ketones is 1. The highest BCUT2D eigenvalue weighted by Crippen LogP contribution is 2.15. The van der Waals surface area contributed by atoms with E-state index in [1.54, 1.807) is 6.92 Å². The van der Waals surface area contributed by atoms with Gasteiger partial charge in [-0.2, -0.15) is 0 Å². The summed E-state index contributed by atoms with van der Waals surface area (Å²) in [6.45, 7) is 5.69. The van der Waals surface area contributed by atoms with Gasteiger partial charge in [0, 0.05) is 12.8 Å². The molecule has 0 aromatic heterocycles. The molecular formula is C11H20O3. The predicted octanol–water partition coefficient (Wildman–Crippen LogP) is 2.49. The van der Waals surface area contributed by atoms with Crippen LogP contribution < -0.4 is 0 Å². The van der Waals surface area contributed by atoms with Crippen molar-refractivity contribution < 1.29 is 14.7 Å². The van der Waals surface area contributed by atoms with Gasteiger partial charge in [-0.15, -0.1) is 0 Å². The Morgan fingerprint density at radius 3 is 2.00 bits per heavy atom. The number of hydrogen-bond acceptors (Lipinski definition) is 2. The number of carbonyl (C=O) groups excluding carboxylic acids is 1. The molecule has 3 heteroatoms. The van der Waals surface area contributed by atoms with Gasteiger partial charge in [0.15, 0.2) is 0 Å². The second kappa shape index (κ2) is 6.57. The van der Waals surface area contributed by atoms with Crippen molar-refractivity contribution in [3.63, 3.8) is 0 Å². The highest BCUT2D eigenvalue weighted by atomic mass is 16.4. The van der Waals surface area contributed by atoms with Crippen molar-refractivity contribution in [3.8, 4) is 0 Å². The van der Waals surface area contributed by atoms with E-state index in [0.29, 0.717) is 12.3 Å². The summed E-state index contributed by atoms with van der Waals surface area (Å²) in [6, 6.07) is 0. The van der Waals surface area contributed by atoms with Crippen molar-refractivity contribution >= 4 is 11.8 Å². The lowest BCUT2D eigenvalue weighted by molar-refractivity contribution is -0.143. The van der Waals surface area contributed by atoms with Crippen LogP contribution in [0, 0.1) is 11.8 Å². The maximum atomic E-state index is 11.4. The Morgan fingerprint density at radius 1 is 1.14 bits per heavy atom. The van der Waals surface area contributed by atoms with E-state index < -0.39 is 11.9 Å². The summed E-state index contributed by atoms with van der Waals surface area (Å²) in [5.74, 6) is -0.933. The molecule has 0 saturated carbocycles. The Hall–Kier alpha value is -0.860. The SMILES string of the molecule is CCC(CC)CC(=O)CC(C)C(=O)O. The fourth-order valence-corrected chi connectivity index (χ4v) is 1.41. The quantitative estimate of drug-likeness (QED) is 0.687. The molecule has 3 nitrogen and oxygen atoms in total. The molecule has 0 amide bonds. The topological polar surface area (TPSA) is 54.4 Å². The number of hydrogen-bond donors (Lipinski definition) is 1. The van der Waals surface area contributed by atoms with Crippen LogP contribution in [0.5, 0.6) is 0 Å². The van der Waals surface area contributed by atoms with Crippen LogP contribution in [0.15, 0.2) is 0 Å². The van der Waals surface area contributed by atoms with Gasteiger partial charge >= 0.3 is 5.97 Å². The van der Waals surface area contributed by atoms with Gasteiger partial charge in [0.2, 0.25) is 0 Å². The highest BCUT2D eigenvalue weighted by Gasteiger charge is 2.17. The molecule has 82 valence electrons. The molecule has 0 aromatic carbocycles. The van der Waals surface area contributed by atoms with E-state index in [2.05, 4.69) is 13.8 Å². The van der Waals surface area contributed by atoms with E-state index in [1.807, 2.05) is 0 Å². The Morgan fingerprint density at radius 2 is 1.64 bits per heavy atom. The molecule has 0 saturated heterocycles. The van der Waals surface area contributed by atoms with Crippen LogP contribution in [0.2, 0.25) is 0 Å². The molecule has 1 N–H and O–H groups in total. The van der Waals surface area contributed by atoms with E-state index in [9.17, 15) is 9.59 Å². The molecule has 0 aliphatic rings. The van der Waals surface area contributed by atoms with E-state index in [4.69, 9.17) is 5.11 Å². The summed E-state index contributed by atoms with van der Waals surface area (Å²) in [6.07, 6.45) is 2.68. The number of carboxylic acid groups (broad SMARTS) is 1. The van der Waals surface area contributed by atoms with Crippen LogP contribution in [0.4, 0.5) is 0 Å². The van der Waals surface area contributed by atoms with Crippen LogP contribution in [0.1, 0.15) is 46.5 Å². The molecule has 1 atom stereocenters. The van der Waals surface area contributed by atoms with Crippen molar-refractivity contribution in [2.75, 3.05) is 0 Å². The first-order chi connectivity index (χ1) is 6.51. The fourth-order valence-electron chi connectivity index (χ4n) is 1.41. The zero-order valence-corrected chi connectivity index (χ0v) is 9.25. The maximum absolute atomic E-state index is 11.4. The second-order valence-corrected chi connectivity index (χ2v) is 3.87. The van der Waals surface area contributed by atoms with Gasteiger partial charge in [0.1, 0.15) is 5.78 Å². The van der Waals surface area contributed by atoms with Crippen molar-refractivity contribution in [2.45, 2.75) is 46.5 Å². The summed E-state index contributed by atoms with van der Waals surface area (Å²) in [4.78, 5) is 21.9. The number of rotatable bonds is 7. The number of carbonyl (C=O) groups is 2. The standard InChI is InChI=1S/C11H20O3/c1-4-9(5-2)7-10(12)6-8(3)11(13)14/h8-9H,4-7H2,1-3H3,(H,13,14). The van der Waals surface area contributed by atoms with Gasteiger partial charge in [-0.1, -0.05) is 33.6 Å². The third-order valence-electron chi connectivity index (χ3n) is 2.63. The van der Waals surface area contributed by atoms with Gasteiger partial charge in [-0.05, 0) is 5.92 Å². The maximum Gasteiger partial charge on any atom is 0.306 e. The lowest BCUT2D eigenvalue weighted by Crippen LogP contribution is -2.16. The molecule has 0 bridgehead atoms. The van der Waals surface area contributed by atoms with Crippen molar-refractivity contribution in [3.05, 3.63) is 0 Å². The fraction of sp³-hybridized carbons (Fsp3) is 0.818. The van der Waals surface area contributed by atoms with Gasteiger partial charge in [-0.25, -0.2) is 0 Å². The minimum absolute atomic E-state index is 0.0774. The van der Waals surface area contributed by atoms with Gasteiger partial charge in [0.25, 0.3) is 0 Å². The van der Waals surface area contributed by atoms with Gasteiger partial charge < -0.3 is 5.11 Å². The van der Waals surface area contributed by atoms with Crippen LogP contribution in [0.3, 0.4) is 0 Å². The zero-order chi connectivity index (χ0) is 11.1. The molecule has 1 unspecified atom stereocenters. The third kappa shape index (κ3) is 5.00. The van der Waals surface area contributed by atoms with E-state index in [-0.39, 0.29) is 12.2 Å². The van der Waals surface area contributed by atoms with Crippen LogP contribution in [-0.4, -0.2) is 16.9 Å². The monoisotopic (exact) mass is 200 g/mol. The average molecular weight is 200 g/mol. The minimum Gasteiger partial charge on any atom is -0.481 e. The molecule has 0 aliphatic carbocycles. The van der Waals surface area contributed by atoms with Crippen molar-refractivity contribution in [1.29, 1.82) is 0 Å². The summed E-state index contributed by atoms with van der Waals surface area (Å²) < 4.78 is 0. The van der Waals surface area contributed by atoms with Crippen LogP contribution in [-0.2, 0) is 9.59 Å². The molecule has 0 fully saturated rings. The number of aliphatic carboxylic acids is 1. The number of Topliss-reactive ketones (excluding diaryl/α,β-unsaturated/α-hetero) is 1. The summed E-state index contributed by atoms with van der Waals surface area (Å²) in [7, 11) is 0. The largest absolute Gasteiger partial charge is 0.481 e. The highest BCUT2D eigenvalue weighted by molar-refractivity contribution is 5.83. The first-order valence-electron chi connectivity index (χ1n) is 5.25. The molecule has 0 radical (unpaired) electrons. The average Bonchev–Trinajstić information content (AvgIpc) is 2.13. The summed E-state index contributed by atoms with van der Waals surface area (Å²) in [5.41, 5.74) is 0. The van der Waals surface area contributed by atoms with Crippen molar-refractivity contribution in [2.24, 2.45) is 11.8 Å². The molecule has 0 rings (SSSR count). The smallest absolute Gasteiger partial charge is 0.306 e. The Labute approximate surface area is 85.5 Å². The summed E-state index contributed by atoms with van der Waals surface area (Å²) in [5, 5.41) is 8.63. The molecular weight excluding hydrogens is 180 g/mol. The van der Waals surface area contributed by atoms with Crippen molar-refractivity contribution in [1.82, 2.24) is 0 Å². The first kappa shape index (κ1) is 13.1. The molecule has 14 heavy (non-hydrogen) atoms. The molecule has 0 aromatic rings. The predicted molar refractivity (Wildman–Crippen MR) is 55.1 cm³/mol. The third-order valence-corrected chi connectivity index (χ3v) is 2.63. The van der Waals surface area contributed by atoms with Crippen LogP contribution in [0.25, 0.3) is 0 Å². The molecule has 0 aliphatic heterocycles. The van der Waals surface area contributed by atoms with Gasteiger partial charge in [0.05, 0.1) is 5.92 Å². The summed E-state index contributed by atoms with van der Waals surface area (Å²) >= 11 is 0. The van der Waals surface area contributed by atoms with E-state index >= 15 is 0 Å².